The van der Waals surface area contributed by atoms with Crippen LogP contribution in [-0.4, -0.2) is 31.3 Å². The van der Waals surface area contributed by atoms with E-state index in [4.69, 9.17) is 5.11 Å². The van der Waals surface area contributed by atoms with Gasteiger partial charge < -0.3 is 5.11 Å². The average Bonchev–Trinajstić information content (AvgIpc) is 2.35. The molecule has 1 N–H and O–H groups in total. The molecule has 2 aromatic heterocycles. The highest BCUT2D eigenvalue weighted by atomic mass is 32.2. The Morgan fingerprint density at radius 2 is 2.18 bits per heavy atom. The summed E-state index contributed by atoms with van der Waals surface area (Å²) in [5, 5.41) is 9.16. The molecule has 0 bridgehead atoms. The van der Waals surface area contributed by atoms with Crippen LogP contribution in [-0.2, 0) is 4.79 Å². The number of rotatable bonds is 4. The number of pyridine rings is 1. The summed E-state index contributed by atoms with van der Waals surface area (Å²) >= 11 is 1.23. The molecule has 0 aromatic carbocycles. The number of aromatic nitrogens is 3. The highest BCUT2D eigenvalue weighted by Crippen LogP contribution is 2.24. The molecule has 1 atom stereocenters. The molecule has 0 aliphatic carbocycles. The predicted octanol–water partition coefficient (Wildman–Crippen LogP) is 1.98. The van der Waals surface area contributed by atoms with Crippen LogP contribution < -0.4 is 0 Å². The highest BCUT2D eigenvalue weighted by molar-refractivity contribution is 8.00. The van der Waals surface area contributed by atoms with Crippen molar-refractivity contribution in [1.29, 1.82) is 0 Å². The highest BCUT2D eigenvalue weighted by Gasteiger charge is 2.17. The summed E-state index contributed by atoms with van der Waals surface area (Å²) < 4.78 is 0. The normalized spacial score (nSPS) is 12.5. The fourth-order valence-electron chi connectivity index (χ4n) is 1.36. The van der Waals surface area contributed by atoms with Crippen LogP contribution in [0.15, 0.2) is 29.6 Å². The standard InChI is InChI=1S/C11H11N3O2S/c1-2-8(11(15)16)17-9-4-3-7-10(14-9)13-6-5-12-7/h3-6,8H,2H2,1H3,(H,15,16). The largest absolute Gasteiger partial charge is 0.480 e. The molecular formula is C11H11N3O2S. The third kappa shape index (κ3) is 2.71. The molecule has 17 heavy (non-hydrogen) atoms. The van der Waals surface area contributed by atoms with E-state index in [9.17, 15) is 4.79 Å². The van der Waals surface area contributed by atoms with Crippen LogP contribution in [0, 0.1) is 0 Å². The lowest BCUT2D eigenvalue weighted by Crippen LogP contribution is -2.14. The zero-order valence-corrected chi connectivity index (χ0v) is 10.0. The molecule has 0 saturated heterocycles. The second kappa shape index (κ2) is 5.09. The van der Waals surface area contributed by atoms with Gasteiger partial charge in [0.25, 0.3) is 0 Å². The maximum absolute atomic E-state index is 10.9. The second-order valence-electron chi connectivity index (χ2n) is 3.40. The third-order valence-electron chi connectivity index (χ3n) is 2.22. The van der Waals surface area contributed by atoms with E-state index in [1.165, 1.54) is 11.8 Å². The fourth-order valence-corrected chi connectivity index (χ4v) is 2.20. The quantitative estimate of drug-likeness (QED) is 0.835. The van der Waals surface area contributed by atoms with Gasteiger partial charge in [-0.3, -0.25) is 9.78 Å². The van der Waals surface area contributed by atoms with E-state index in [0.717, 1.165) is 0 Å². The van der Waals surface area contributed by atoms with Crippen LogP contribution >= 0.6 is 11.8 Å². The average molecular weight is 249 g/mol. The molecule has 0 aliphatic rings. The summed E-state index contributed by atoms with van der Waals surface area (Å²) in [5.41, 5.74) is 1.25. The SMILES string of the molecule is CCC(Sc1ccc2nccnc2n1)C(=O)O. The van der Waals surface area contributed by atoms with Gasteiger partial charge in [-0.2, -0.15) is 0 Å². The van der Waals surface area contributed by atoms with Gasteiger partial charge >= 0.3 is 5.97 Å². The van der Waals surface area contributed by atoms with E-state index in [1.54, 1.807) is 24.5 Å². The van der Waals surface area contributed by atoms with Crippen LogP contribution in [0.2, 0.25) is 0 Å². The van der Waals surface area contributed by atoms with Crippen LogP contribution in [0.3, 0.4) is 0 Å². The molecule has 0 amide bonds. The van der Waals surface area contributed by atoms with Crippen molar-refractivity contribution in [3.8, 4) is 0 Å². The summed E-state index contributed by atoms with van der Waals surface area (Å²) in [6.45, 7) is 1.84. The number of fused-ring (bicyclic) bond motifs is 1. The number of hydrogen-bond donors (Lipinski definition) is 1. The molecule has 0 aliphatic heterocycles. The molecule has 5 nitrogen and oxygen atoms in total. The Kier molecular flexibility index (Phi) is 3.53. The van der Waals surface area contributed by atoms with Crippen LogP contribution in [0.25, 0.3) is 11.2 Å². The number of carbonyl (C=O) groups is 1. The number of carboxylic acids is 1. The lowest BCUT2D eigenvalue weighted by atomic mass is 10.3. The van der Waals surface area contributed by atoms with E-state index in [0.29, 0.717) is 22.6 Å². The Labute approximate surface area is 102 Å². The lowest BCUT2D eigenvalue weighted by molar-refractivity contribution is -0.136. The molecule has 2 heterocycles. The molecular weight excluding hydrogens is 238 g/mol. The maximum Gasteiger partial charge on any atom is 0.317 e. The van der Waals surface area contributed by atoms with Crippen LogP contribution in [0.4, 0.5) is 0 Å². The van der Waals surface area contributed by atoms with Crippen molar-refractivity contribution >= 4 is 28.9 Å². The third-order valence-corrected chi connectivity index (χ3v) is 3.50. The summed E-state index contributed by atoms with van der Waals surface area (Å²) in [4.78, 5) is 23.4. The summed E-state index contributed by atoms with van der Waals surface area (Å²) in [6, 6.07) is 3.57. The maximum atomic E-state index is 10.9. The zero-order valence-electron chi connectivity index (χ0n) is 9.20. The van der Waals surface area contributed by atoms with Crippen molar-refractivity contribution < 1.29 is 9.90 Å². The first-order chi connectivity index (χ1) is 8.20. The Morgan fingerprint density at radius 1 is 1.41 bits per heavy atom. The molecule has 0 saturated carbocycles. The van der Waals surface area contributed by atoms with Gasteiger partial charge in [-0.05, 0) is 18.6 Å². The molecule has 88 valence electrons. The van der Waals surface area contributed by atoms with E-state index < -0.39 is 11.2 Å². The van der Waals surface area contributed by atoms with Gasteiger partial charge in [-0.15, -0.1) is 0 Å². The van der Waals surface area contributed by atoms with Crippen molar-refractivity contribution in [3.63, 3.8) is 0 Å². The molecule has 6 heteroatoms. The van der Waals surface area contributed by atoms with Gasteiger partial charge in [-0.1, -0.05) is 18.7 Å². The monoisotopic (exact) mass is 249 g/mol. The summed E-state index contributed by atoms with van der Waals surface area (Å²) in [5.74, 6) is -0.821. The summed E-state index contributed by atoms with van der Waals surface area (Å²) in [7, 11) is 0. The summed E-state index contributed by atoms with van der Waals surface area (Å²) in [6.07, 6.45) is 3.72. The van der Waals surface area contributed by atoms with Crippen molar-refractivity contribution in [1.82, 2.24) is 15.0 Å². The van der Waals surface area contributed by atoms with Crippen molar-refractivity contribution in [2.45, 2.75) is 23.6 Å². The van der Waals surface area contributed by atoms with E-state index >= 15 is 0 Å². The van der Waals surface area contributed by atoms with Crippen molar-refractivity contribution in [2.75, 3.05) is 0 Å². The van der Waals surface area contributed by atoms with Crippen LogP contribution in [0.5, 0.6) is 0 Å². The van der Waals surface area contributed by atoms with E-state index in [-0.39, 0.29) is 0 Å². The Balaban J connectivity index is 2.27. The van der Waals surface area contributed by atoms with E-state index in [1.807, 2.05) is 6.92 Å². The predicted molar refractivity (Wildman–Crippen MR) is 64.9 cm³/mol. The smallest absolute Gasteiger partial charge is 0.317 e. The minimum Gasteiger partial charge on any atom is -0.480 e. The first kappa shape index (κ1) is 11.8. The number of hydrogen-bond acceptors (Lipinski definition) is 5. The van der Waals surface area contributed by atoms with Crippen molar-refractivity contribution in [2.24, 2.45) is 0 Å². The Bertz CT molecular complexity index is 547. The van der Waals surface area contributed by atoms with E-state index in [2.05, 4.69) is 15.0 Å². The van der Waals surface area contributed by atoms with Gasteiger partial charge in [0.15, 0.2) is 5.65 Å². The molecule has 0 spiro atoms. The molecule has 0 radical (unpaired) electrons. The number of thioether (sulfide) groups is 1. The van der Waals surface area contributed by atoms with Gasteiger partial charge in [0.2, 0.25) is 0 Å². The number of carboxylic acid groups (broad SMARTS) is 1. The number of aliphatic carboxylic acids is 1. The fraction of sp³-hybridized carbons (Fsp3) is 0.273. The topological polar surface area (TPSA) is 76.0 Å². The zero-order chi connectivity index (χ0) is 12.3. The molecule has 2 rings (SSSR count). The molecule has 1 unspecified atom stereocenters. The van der Waals surface area contributed by atoms with Gasteiger partial charge in [0, 0.05) is 12.4 Å². The number of nitrogens with zero attached hydrogens (tertiary/aromatic N) is 3. The van der Waals surface area contributed by atoms with Crippen LogP contribution in [0.1, 0.15) is 13.3 Å². The first-order valence-electron chi connectivity index (χ1n) is 5.18. The van der Waals surface area contributed by atoms with Gasteiger partial charge in [0.1, 0.15) is 10.8 Å². The molecule has 0 fully saturated rings. The molecule has 2 aromatic rings. The minimum absolute atomic E-state index is 0.475. The second-order valence-corrected chi connectivity index (χ2v) is 4.62. The van der Waals surface area contributed by atoms with Crippen molar-refractivity contribution in [3.05, 3.63) is 24.5 Å². The Hall–Kier alpha value is -1.69. The lowest BCUT2D eigenvalue weighted by Gasteiger charge is -2.08. The van der Waals surface area contributed by atoms with Gasteiger partial charge in [-0.25, -0.2) is 9.97 Å². The Morgan fingerprint density at radius 3 is 2.88 bits per heavy atom. The minimum atomic E-state index is -0.821. The first-order valence-corrected chi connectivity index (χ1v) is 6.06. The van der Waals surface area contributed by atoms with Gasteiger partial charge in [0.05, 0.1) is 5.03 Å².